The van der Waals surface area contributed by atoms with Crippen LogP contribution < -0.4 is 5.73 Å². The number of methoxy groups -OCH3 is 1. The molecule has 1 saturated heterocycles. The van der Waals surface area contributed by atoms with Crippen molar-refractivity contribution in [3.05, 3.63) is 29.3 Å². The number of piperidine rings is 1. The number of rotatable bonds is 4. The van der Waals surface area contributed by atoms with E-state index in [2.05, 4.69) is 0 Å². The van der Waals surface area contributed by atoms with Crippen molar-refractivity contribution < 1.29 is 17.9 Å². The number of sulfonamides is 1. The van der Waals surface area contributed by atoms with E-state index >= 15 is 0 Å². The zero-order valence-corrected chi connectivity index (χ0v) is 14.6. The molecule has 0 aliphatic carbocycles. The first-order valence-electron chi connectivity index (χ1n) is 7.72. The standard InChI is InChI=1S/C16H24N2O4S/c1-11-6-7-14(9-15(11)16(19)22-3)23(20,21)18-8-4-5-13(10-18)12(2)17/h6-7,9,12-13H,4-5,8,10,17H2,1-3H3. The van der Waals surface area contributed by atoms with Gasteiger partial charge in [0.25, 0.3) is 0 Å². The fourth-order valence-electron chi connectivity index (χ4n) is 2.86. The molecule has 0 aromatic heterocycles. The minimum atomic E-state index is -3.64. The monoisotopic (exact) mass is 340 g/mol. The maximum Gasteiger partial charge on any atom is 0.338 e. The van der Waals surface area contributed by atoms with Gasteiger partial charge in [0.2, 0.25) is 10.0 Å². The van der Waals surface area contributed by atoms with Crippen LogP contribution in [-0.2, 0) is 14.8 Å². The minimum absolute atomic E-state index is 0.0448. The molecule has 2 unspecified atom stereocenters. The van der Waals surface area contributed by atoms with E-state index in [-0.39, 0.29) is 22.4 Å². The highest BCUT2D eigenvalue weighted by atomic mass is 32.2. The summed E-state index contributed by atoms with van der Waals surface area (Å²) in [5.74, 6) is -0.379. The van der Waals surface area contributed by atoms with Gasteiger partial charge < -0.3 is 10.5 Å². The number of carbonyl (C=O) groups excluding carboxylic acids is 1. The highest BCUT2D eigenvalue weighted by molar-refractivity contribution is 7.89. The summed E-state index contributed by atoms with van der Waals surface area (Å²) in [5.41, 5.74) is 6.89. The van der Waals surface area contributed by atoms with Crippen molar-refractivity contribution in [2.45, 2.75) is 37.6 Å². The summed E-state index contributed by atoms with van der Waals surface area (Å²) in [4.78, 5) is 11.9. The lowest BCUT2D eigenvalue weighted by molar-refractivity contribution is 0.0599. The van der Waals surface area contributed by atoms with E-state index < -0.39 is 16.0 Å². The first kappa shape index (κ1) is 17.9. The van der Waals surface area contributed by atoms with E-state index in [0.717, 1.165) is 12.8 Å². The third-order valence-electron chi connectivity index (χ3n) is 4.42. The fraction of sp³-hybridized carbons (Fsp3) is 0.562. The van der Waals surface area contributed by atoms with Gasteiger partial charge in [0.1, 0.15) is 0 Å². The molecule has 2 rings (SSSR count). The van der Waals surface area contributed by atoms with Gasteiger partial charge in [-0.1, -0.05) is 6.07 Å². The zero-order chi connectivity index (χ0) is 17.2. The minimum Gasteiger partial charge on any atom is -0.465 e. The quantitative estimate of drug-likeness (QED) is 0.840. The van der Waals surface area contributed by atoms with Crippen molar-refractivity contribution in [1.29, 1.82) is 0 Å². The van der Waals surface area contributed by atoms with Crippen molar-refractivity contribution in [3.63, 3.8) is 0 Å². The van der Waals surface area contributed by atoms with Gasteiger partial charge in [-0.2, -0.15) is 4.31 Å². The molecule has 7 heteroatoms. The number of hydrogen-bond donors (Lipinski definition) is 1. The SMILES string of the molecule is COC(=O)c1cc(S(=O)(=O)N2CCCC(C(C)N)C2)ccc1C. The van der Waals surface area contributed by atoms with Crippen LogP contribution in [0.15, 0.2) is 23.1 Å². The summed E-state index contributed by atoms with van der Waals surface area (Å²) in [6.07, 6.45) is 1.73. The van der Waals surface area contributed by atoms with Gasteiger partial charge in [-0.15, -0.1) is 0 Å². The van der Waals surface area contributed by atoms with Gasteiger partial charge in [-0.3, -0.25) is 0 Å². The Morgan fingerprint density at radius 2 is 2.13 bits per heavy atom. The topological polar surface area (TPSA) is 89.7 Å². The molecule has 1 heterocycles. The van der Waals surface area contributed by atoms with Crippen LogP contribution in [0.3, 0.4) is 0 Å². The van der Waals surface area contributed by atoms with Gasteiger partial charge in [0, 0.05) is 19.1 Å². The summed E-state index contributed by atoms with van der Waals surface area (Å²) >= 11 is 0. The number of benzene rings is 1. The van der Waals surface area contributed by atoms with Crippen molar-refractivity contribution >= 4 is 16.0 Å². The van der Waals surface area contributed by atoms with Crippen LogP contribution in [0.5, 0.6) is 0 Å². The molecule has 0 radical (unpaired) electrons. The number of hydrogen-bond acceptors (Lipinski definition) is 5. The second-order valence-corrected chi connectivity index (χ2v) is 8.03. The van der Waals surface area contributed by atoms with E-state index in [1.807, 2.05) is 6.92 Å². The van der Waals surface area contributed by atoms with Crippen LogP contribution in [0.4, 0.5) is 0 Å². The van der Waals surface area contributed by atoms with Crippen molar-refractivity contribution in [2.75, 3.05) is 20.2 Å². The third-order valence-corrected chi connectivity index (χ3v) is 6.28. The van der Waals surface area contributed by atoms with Crippen LogP contribution in [0, 0.1) is 12.8 Å². The van der Waals surface area contributed by atoms with E-state index in [0.29, 0.717) is 18.7 Å². The van der Waals surface area contributed by atoms with Crippen LogP contribution in [0.25, 0.3) is 0 Å². The highest BCUT2D eigenvalue weighted by Crippen LogP contribution is 2.26. The van der Waals surface area contributed by atoms with Crippen LogP contribution in [-0.4, -0.2) is 44.9 Å². The molecule has 2 atom stereocenters. The van der Waals surface area contributed by atoms with Gasteiger partial charge in [0.15, 0.2) is 0 Å². The molecule has 1 aromatic rings. The zero-order valence-electron chi connectivity index (χ0n) is 13.8. The predicted octanol–water partition coefficient (Wildman–Crippen LogP) is 1.53. The Balaban J connectivity index is 2.34. The van der Waals surface area contributed by atoms with E-state index in [1.54, 1.807) is 13.0 Å². The molecule has 0 spiro atoms. The van der Waals surface area contributed by atoms with E-state index in [9.17, 15) is 13.2 Å². The second kappa shape index (κ2) is 6.98. The number of aryl methyl sites for hydroxylation is 1. The van der Waals surface area contributed by atoms with Crippen LogP contribution >= 0.6 is 0 Å². The summed E-state index contributed by atoms with van der Waals surface area (Å²) in [6, 6.07) is 4.52. The highest BCUT2D eigenvalue weighted by Gasteiger charge is 2.32. The van der Waals surface area contributed by atoms with Gasteiger partial charge in [-0.05, 0) is 50.3 Å². The van der Waals surface area contributed by atoms with Crippen molar-refractivity contribution in [1.82, 2.24) is 4.31 Å². The van der Waals surface area contributed by atoms with Gasteiger partial charge >= 0.3 is 5.97 Å². The van der Waals surface area contributed by atoms with E-state index in [4.69, 9.17) is 10.5 Å². The Hall–Kier alpha value is -1.44. The molecule has 0 bridgehead atoms. The summed E-state index contributed by atoms with van der Waals surface area (Å²) in [5, 5.41) is 0. The molecule has 0 amide bonds. The molecule has 1 aliphatic heterocycles. The molecule has 1 aliphatic rings. The Labute approximate surface area is 137 Å². The molecular weight excluding hydrogens is 316 g/mol. The van der Waals surface area contributed by atoms with E-state index in [1.165, 1.54) is 23.5 Å². The summed E-state index contributed by atoms with van der Waals surface area (Å²) < 4.78 is 31.9. The average molecular weight is 340 g/mol. The Morgan fingerprint density at radius 3 is 2.74 bits per heavy atom. The maximum atomic E-state index is 12.9. The molecule has 2 N–H and O–H groups in total. The summed E-state index contributed by atoms with van der Waals surface area (Å²) in [6.45, 7) is 4.55. The smallest absolute Gasteiger partial charge is 0.338 e. The molecule has 0 saturated carbocycles. The lowest BCUT2D eigenvalue weighted by Gasteiger charge is -2.33. The van der Waals surface area contributed by atoms with Crippen molar-refractivity contribution in [3.8, 4) is 0 Å². The Morgan fingerprint density at radius 1 is 1.43 bits per heavy atom. The second-order valence-electron chi connectivity index (χ2n) is 6.09. The van der Waals surface area contributed by atoms with Gasteiger partial charge in [-0.25, -0.2) is 13.2 Å². The van der Waals surface area contributed by atoms with Gasteiger partial charge in [0.05, 0.1) is 17.6 Å². The lowest BCUT2D eigenvalue weighted by Crippen LogP contribution is -2.44. The van der Waals surface area contributed by atoms with Crippen molar-refractivity contribution in [2.24, 2.45) is 11.7 Å². The Kier molecular flexibility index (Phi) is 5.44. The van der Waals surface area contributed by atoms with Crippen LogP contribution in [0.1, 0.15) is 35.7 Å². The van der Waals surface area contributed by atoms with Crippen LogP contribution in [0.2, 0.25) is 0 Å². The summed E-state index contributed by atoms with van der Waals surface area (Å²) in [7, 11) is -2.36. The maximum absolute atomic E-state index is 12.9. The molecular formula is C16H24N2O4S. The first-order valence-corrected chi connectivity index (χ1v) is 9.16. The fourth-order valence-corrected chi connectivity index (χ4v) is 4.42. The normalized spacial score (nSPS) is 21.0. The Bertz CT molecular complexity index is 685. The molecule has 1 fully saturated rings. The average Bonchev–Trinajstić information content (AvgIpc) is 2.54. The molecule has 128 valence electrons. The number of esters is 1. The largest absolute Gasteiger partial charge is 0.465 e. The number of nitrogens with zero attached hydrogens (tertiary/aromatic N) is 1. The first-order chi connectivity index (χ1) is 10.8. The molecule has 1 aromatic carbocycles. The number of carbonyl (C=O) groups is 1. The molecule has 23 heavy (non-hydrogen) atoms. The number of nitrogens with two attached hydrogens (primary N) is 1. The third kappa shape index (κ3) is 3.73. The lowest BCUT2D eigenvalue weighted by atomic mass is 9.93. The number of ether oxygens (including phenoxy) is 1. The molecule has 6 nitrogen and oxygen atoms in total. The predicted molar refractivity (Wildman–Crippen MR) is 87.7 cm³/mol.